The molecule has 2 aromatic rings. The second kappa shape index (κ2) is 4.82. The van der Waals surface area contributed by atoms with Gasteiger partial charge in [-0.1, -0.05) is 12.1 Å². The molecule has 0 saturated carbocycles. The fourth-order valence-corrected chi connectivity index (χ4v) is 2.46. The first-order chi connectivity index (χ1) is 8.83. The number of phenolic OH excluding ortho intramolecular Hbond substituents is 1. The van der Waals surface area contributed by atoms with Gasteiger partial charge in [0, 0.05) is 25.0 Å². The van der Waals surface area contributed by atoms with Crippen molar-refractivity contribution < 1.29 is 9.84 Å². The van der Waals surface area contributed by atoms with Crippen LogP contribution in [-0.4, -0.2) is 21.3 Å². The van der Waals surface area contributed by atoms with Crippen LogP contribution in [0, 0.1) is 0 Å². The maximum atomic E-state index is 9.30. The molecule has 0 radical (unpaired) electrons. The van der Waals surface area contributed by atoms with E-state index in [4.69, 9.17) is 4.74 Å². The fraction of sp³-hybridized carbons (Fsp3) is 0.357. The molecule has 2 heterocycles. The molecule has 18 heavy (non-hydrogen) atoms. The minimum atomic E-state index is 0.103. The number of rotatable bonds is 2. The summed E-state index contributed by atoms with van der Waals surface area (Å²) in [7, 11) is 0. The number of nitrogens with zero attached hydrogens (tertiary/aromatic N) is 2. The number of hydrogen-bond acceptors (Lipinski definition) is 3. The minimum absolute atomic E-state index is 0.103. The van der Waals surface area contributed by atoms with Crippen molar-refractivity contribution in [2.24, 2.45) is 0 Å². The molecule has 2 atom stereocenters. The lowest BCUT2D eigenvalue weighted by Crippen LogP contribution is -2.22. The number of ether oxygens (including phenoxy) is 1. The van der Waals surface area contributed by atoms with E-state index in [1.165, 1.54) is 0 Å². The lowest BCUT2D eigenvalue weighted by Gasteiger charge is -2.30. The van der Waals surface area contributed by atoms with Crippen molar-refractivity contribution in [2.45, 2.75) is 25.0 Å². The van der Waals surface area contributed by atoms with E-state index >= 15 is 0 Å². The second-order valence-corrected chi connectivity index (χ2v) is 4.64. The summed E-state index contributed by atoms with van der Waals surface area (Å²) in [5, 5.41) is 9.30. The maximum Gasteiger partial charge on any atom is 0.115 e. The third-order valence-electron chi connectivity index (χ3n) is 3.47. The molecule has 0 bridgehead atoms. The molecule has 1 N–H and O–H groups in total. The molecule has 4 nitrogen and oxygen atoms in total. The van der Waals surface area contributed by atoms with E-state index < -0.39 is 0 Å². The number of hydrogen-bond donors (Lipinski definition) is 1. The van der Waals surface area contributed by atoms with Gasteiger partial charge in [-0.05, 0) is 30.5 Å². The van der Waals surface area contributed by atoms with Crippen molar-refractivity contribution in [3.8, 4) is 5.75 Å². The number of aromatic nitrogens is 2. The zero-order valence-corrected chi connectivity index (χ0v) is 10.1. The SMILES string of the molecule is Oc1ccc(C2CC(n3ccnc3)CCO2)cc1. The zero-order valence-electron chi connectivity index (χ0n) is 10.1. The smallest absolute Gasteiger partial charge is 0.115 e. The van der Waals surface area contributed by atoms with Crippen molar-refractivity contribution in [3.63, 3.8) is 0 Å². The van der Waals surface area contributed by atoms with Gasteiger partial charge in [0.25, 0.3) is 0 Å². The molecule has 1 fully saturated rings. The summed E-state index contributed by atoms with van der Waals surface area (Å²) in [6.45, 7) is 0.758. The number of phenols is 1. The molecule has 0 spiro atoms. The summed E-state index contributed by atoms with van der Waals surface area (Å²) < 4.78 is 7.97. The second-order valence-electron chi connectivity index (χ2n) is 4.64. The standard InChI is InChI=1S/C14H16N2O2/c17-13-3-1-11(2-4-13)14-9-12(5-8-18-14)16-7-6-15-10-16/h1-4,6-7,10,12,14,17H,5,8-9H2. The quantitative estimate of drug-likeness (QED) is 0.883. The first-order valence-corrected chi connectivity index (χ1v) is 6.21. The van der Waals surface area contributed by atoms with Crippen molar-refractivity contribution in [2.75, 3.05) is 6.61 Å². The highest BCUT2D eigenvalue weighted by atomic mass is 16.5. The molecule has 1 saturated heterocycles. The van der Waals surface area contributed by atoms with Gasteiger partial charge in [-0.3, -0.25) is 0 Å². The van der Waals surface area contributed by atoms with Gasteiger partial charge in [-0.15, -0.1) is 0 Å². The van der Waals surface area contributed by atoms with E-state index in [2.05, 4.69) is 9.55 Å². The molecule has 0 aliphatic carbocycles. The summed E-state index contributed by atoms with van der Waals surface area (Å²) in [6.07, 6.45) is 7.75. The highest BCUT2D eigenvalue weighted by Crippen LogP contribution is 2.34. The van der Waals surface area contributed by atoms with Crippen molar-refractivity contribution >= 4 is 0 Å². The monoisotopic (exact) mass is 244 g/mol. The molecule has 1 aliphatic heterocycles. The van der Waals surface area contributed by atoms with Crippen molar-refractivity contribution in [1.82, 2.24) is 9.55 Å². The van der Waals surface area contributed by atoms with Crippen LogP contribution in [0.4, 0.5) is 0 Å². The highest BCUT2D eigenvalue weighted by molar-refractivity contribution is 5.27. The van der Waals surface area contributed by atoms with Crippen LogP contribution in [0.1, 0.15) is 30.6 Å². The summed E-state index contributed by atoms with van der Waals surface area (Å²) in [6, 6.07) is 7.71. The summed E-state index contributed by atoms with van der Waals surface area (Å²) in [4.78, 5) is 4.10. The highest BCUT2D eigenvalue weighted by Gasteiger charge is 2.24. The Kier molecular flexibility index (Phi) is 3.02. The Morgan fingerprint density at radius 1 is 1.28 bits per heavy atom. The molecule has 94 valence electrons. The van der Waals surface area contributed by atoms with Crippen LogP contribution in [-0.2, 0) is 4.74 Å². The van der Waals surface area contributed by atoms with Gasteiger partial charge in [0.1, 0.15) is 5.75 Å². The van der Waals surface area contributed by atoms with Crippen molar-refractivity contribution in [1.29, 1.82) is 0 Å². The van der Waals surface area contributed by atoms with Crippen LogP contribution >= 0.6 is 0 Å². The van der Waals surface area contributed by atoms with Crippen LogP contribution in [0.5, 0.6) is 5.75 Å². The number of benzene rings is 1. The fourth-order valence-electron chi connectivity index (χ4n) is 2.46. The van der Waals surface area contributed by atoms with Gasteiger partial charge in [-0.2, -0.15) is 0 Å². The Morgan fingerprint density at radius 3 is 2.83 bits per heavy atom. The van der Waals surface area contributed by atoms with E-state index in [-0.39, 0.29) is 6.10 Å². The van der Waals surface area contributed by atoms with Crippen LogP contribution < -0.4 is 0 Å². The molecular weight excluding hydrogens is 228 g/mol. The van der Waals surface area contributed by atoms with Gasteiger partial charge < -0.3 is 14.4 Å². The van der Waals surface area contributed by atoms with Gasteiger partial charge in [-0.25, -0.2) is 4.98 Å². The van der Waals surface area contributed by atoms with Crippen LogP contribution in [0.15, 0.2) is 43.0 Å². The van der Waals surface area contributed by atoms with E-state index in [1.54, 1.807) is 12.1 Å². The first kappa shape index (κ1) is 11.3. The van der Waals surface area contributed by atoms with Crippen molar-refractivity contribution in [3.05, 3.63) is 48.5 Å². The molecule has 0 amide bonds. The Balaban J connectivity index is 1.76. The minimum Gasteiger partial charge on any atom is -0.508 e. The summed E-state index contributed by atoms with van der Waals surface area (Å²) in [5.74, 6) is 0.292. The molecule has 1 aromatic heterocycles. The largest absolute Gasteiger partial charge is 0.508 e. The number of imidazole rings is 1. The number of aromatic hydroxyl groups is 1. The average molecular weight is 244 g/mol. The molecule has 1 aromatic carbocycles. The van der Waals surface area contributed by atoms with E-state index in [1.807, 2.05) is 30.9 Å². The Labute approximate surface area is 106 Å². The van der Waals surface area contributed by atoms with E-state index in [0.29, 0.717) is 11.8 Å². The lowest BCUT2D eigenvalue weighted by atomic mass is 9.97. The first-order valence-electron chi connectivity index (χ1n) is 6.21. The zero-order chi connectivity index (χ0) is 12.4. The molecule has 4 heteroatoms. The molecule has 3 rings (SSSR count). The predicted molar refractivity (Wildman–Crippen MR) is 67.3 cm³/mol. The Bertz CT molecular complexity index is 493. The predicted octanol–water partition coefficient (Wildman–Crippen LogP) is 2.68. The summed E-state index contributed by atoms with van der Waals surface area (Å²) in [5.41, 5.74) is 1.12. The lowest BCUT2D eigenvalue weighted by molar-refractivity contribution is -0.00705. The molecular formula is C14H16N2O2. The van der Waals surface area contributed by atoms with Gasteiger partial charge in [0.05, 0.1) is 12.4 Å². The summed E-state index contributed by atoms with van der Waals surface area (Å²) >= 11 is 0. The van der Waals surface area contributed by atoms with Gasteiger partial charge >= 0.3 is 0 Å². The Hall–Kier alpha value is -1.81. The Morgan fingerprint density at radius 2 is 2.11 bits per heavy atom. The topological polar surface area (TPSA) is 47.3 Å². The van der Waals surface area contributed by atoms with Gasteiger partial charge in [0.2, 0.25) is 0 Å². The van der Waals surface area contributed by atoms with E-state index in [0.717, 1.165) is 25.0 Å². The van der Waals surface area contributed by atoms with Gasteiger partial charge in [0.15, 0.2) is 0 Å². The maximum absolute atomic E-state index is 9.30. The van der Waals surface area contributed by atoms with E-state index in [9.17, 15) is 5.11 Å². The van der Waals surface area contributed by atoms with Crippen LogP contribution in [0.25, 0.3) is 0 Å². The average Bonchev–Trinajstić information content (AvgIpc) is 2.94. The third kappa shape index (κ3) is 2.24. The van der Waals surface area contributed by atoms with Crippen LogP contribution in [0.3, 0.4) is 0 Å². The molecule has 1 aliphatic rings. The third-order valence-corrected chi connectivity index (χ3v) is 3.47. The normalized spacial score (nSPS) is 24.0. The van der Waals surface area contributed by atoms with Crippen LogP contribution in [0.2, 0.25) is 0 Å². The molecule has 2 unspecified atom stereocenters.